The van der Waals surface area contributed by atoms with E-state index in [4.69, 9.17) is 9.47 Å². The van der Waals surface area contributed by atoms with Gasteiger partial charge in [-0.05, 0) is 42.3 Å². The van der Waals surface area contributed by atoms with E-state index in [1.54, 1.807) is 26.4 Å². The SMILES string of the molecule is COc1ccc(CC(=O)N2CCCN(C(=O)c3cccc(OC)c3)CC2)cc1. The number of hydrogen-bond acceptors (Lipinski definition) is 4. The second-order valence-electron chi connectivity index (χ2n) is 6.78. The van der Waals surface area contributed by atoms with E-state index in [0.717, 1.165) is 17.7 Å². The van der Waals surface area contributed by atoms with E-state index in [2.05, 4.69) is 0 Å². The fraction of sp³-hybridized carbons (Fsp3) is 0.364. The molecule has 148 valence electrons. The van der Waals surface area contributed by atoms with Crippen molar-refractivity contribution in [2.75, 3.05) is 40.4 Å². The predicted molar refractivity (Wildman–Crippen MR) is 107 cm³/mol. The zero-order chi connectivity index (χ0) is 19.9. The minimum Gasteiger partial charge on any atom is -0.497 e. The van der Waals surface area contributed by atoms with Crippen LogP contribution in [0.3, 0.4) is 0 Å². The van der Waals surface area contributed by atoms with Gasteiger partial charge in [0, 0.05) is 31.7 Å². The highest BCUT2D eigenvalue weighted by molar-refractivity contribution is 5.94. The highest BCUT2D eigenvalue weighted by atomic mass is 16.5. The maximum atomic E-state index is 12.8. The lowest BCUT2D eigenvalue weighted by Crippen LogP contribution is -2.38. The van der Waals surface area contributed by atoms with Gasteiger partial charge >= 0.3 is 0 Å². The lowest BCUT2D eigenvalue weighted by molar-refractivity contribution is -0.130. The molecule has 2 amide bonds. The molecule has 2 aromatic carbocycles. The summed E-state index contributed by atoms with van der Waals surface area (Å²) in [4.78, 5) is 29.1. The maximum Gasteiger partial charge on any atom is 0.254 e. The van der Waals surface area contributed by atoms with Gasteiger partial charge in [0.25, 0.3) is 5.91 Å². The van der Waals surface area contributed by atoms with Crippen molar-refractivity contribution < 1.29 is 19.1 Å². The molecule has 0 unspecified atom stereocenters. The third kappa shape index (κ3) is 4.82. The molecule has 0 aliphatic carbocycles. The highest BCUT2D eigenvalue weighted by Crippen LogP contribution is 2.17. The molecule has 0 saturated carbocycles. The van der Waals surface area contributed by atoms with E-state index < -0.39 is 0 Å². The summed E-state index contributed by atoms with van der Waals surface area (Å²) in [5, 5.41) is 0. The molecule has 0 spiro atoms. The summed E-state index contributed by atoms with van der Waals surface area (Å²) in [6.07, 6.45) is 1.12. The molecule has 0 atom stereocenters. The van der Waals surface area contributed by atoms with Crippen LogP contribution < -0.4 is 9.47 Å². The van der Waals surface area contributed by atoms with Crippen molar-refractivity contribution in [3.8, 4) is 11.5 Å². The number of methoxy groups -OCH3 is 2. The number of ether oxygens (including phenoxy) is 2. The third-order valence-corrected chi connectivity index (χ3v) is 4.97. The second kappa shape index (κ2) is 9.26. The number of rotatable bonds is 5. The van der Waals surface area contributed by atoms with Crippen LogP contribution in [0, 0.1) is 0 Å². The van der Waals surface area contributed by atoms with Crippen LogP contribution in [0.1, 0.15) is 22.3 Å². The zero-order valence-corrected chi connectivity index (χ0v) is 16.4. The molecule has 0 aromatic heterocycles. The van der Waals surface area contributed by atoms with E-state index in [1.807, 2.05) is 46.2 Å². The van der Waals surface area contributed by atoms with E-state index in [-0.39, 0.29) is 11.8 Å². The summed E-state index contributed by atoms with van der Waals surface area (Å²) in [6.45, 7) is 2.38. The third-order valence-electron chi connectivity index (χ3n) is 4.97. The molecule has 2 aromatic rings. The Morgan fingerprint density at radius 1 is 0.857 bits per heavy atom. The van der Waals surface area contributed by atoms with E-state index in [9.17, 15) is 9.59 Å². The highest BCUT2D eigenvalue weighted by Gasteiger charge is 2.23. The van der Waals surface area contributed by atoms with Gasteiger partial charge < -0.3 is 19.3 Å². The minimum atomic E-state index is -0.0247. The fourth-order valence-electron chi connectivity index (χ4n) is 3.34. The molecule has 6 heteroatoms. The summed E-state index contributed by atoms with van der Waals surface area (Å²) >= 11 is 0. The van der Waals surface area contributed by atoms with E-state index >= 15 is 0 Å². The van der Waals surface area contributed by atoms with Crippen LogP contribution in [0.25, 0.3) is 0 Å². The Bertz CT molecular complexity index is 820. The van der Waals surface area contributed by atoms with Crippen molar-refractivity contribution >= 4 is 11.8 Å². The monoisotopic (exact) mass is 382 g/mol. The van der Waals surface area contributed by atoms with Gasteiger partial charge in [0.1, 0.15) is 11.5 Å². The standard InChI is InChI=1S/C22H26N2O4/c1-27-19-9-7-17(8-10-19)15-21(25)23-11-4-12-24(14-13-23)22(26)18-5-3-6-20(16-18)28-2/h3,5-10,16H,4,11-15H2,1-2H3. The molecule has 1 aliphatic heterocycles. The van der Waals surface area contributed by atoms with Crippen molar-refractivity contribution in [1.29, 1.82) is 0 Å². The smallest absolute Gasteiger partial charge is 0.254 e. The molecule has 0 bridgehead atoms. The van der Waals surface area contributed by atoms with Crippen LogP contribution in [-0.2, 0) is 11.2 Å². The molecular formula is C22H26N2O4. The topological polar surface area (TPSA) is 59.1 Å². The average Bonchev–Trinajstić information content (AvgIpc) is 3.00. The summed E-state index contributed by atoms with van der Waals surface area (Å²) < 4.78 is 10.4. The lowest BCUT2D eigenvalue weighted by atomic mass is 10.1. The zero-order valence-electron chi connectivity index (χ0n) is 16.4. The normalized spacial score (nSPS) is 14.4. The van der Waals surface area contributed by atoms with Gasteiger partial charge in [-0.15, -0.1) is 0 Å². The fourth-order valence-corrected chi connectivity index (χ4v) is 3.34. The predicted octanol–water partition coefficient (Wildman–Crippen LogP) is 2.62. The average molecular weight is 382 g/mol. The molecule has 0 N–H and O–H groups in total. The van der Waals surface area contributed by atoms with Crippen molar-refractivity contribution in [1.82, 2.24) is 9.80 Å². The summed E-state index contributed by atoms with van der Waals surface area (Å²) in [5.74, 6) is 1.50. The van der Waals surface area contributed by atoms with Gasteiger partial charge in [-0.3, -0.25) is 9.59 Å². The van der Waals surface area contributed by atoms with Gasteiger partial charge in [0.2, 0.25) is 5.91 Å². The first-order valence-corrected chi connectivity index (χ1v) is 9.44. The van der Waals surface area contributed by atoms with E-state index in [1.165, 1.54) is 0 Å². The van der Waals surface area contributed by atoms with Gasteiger partial charge in [-0.1, -0.05) is 18.2 Å². The van der Waals surface area contributed by atoms with Gasteiger partial charge in [0.05, 0.1) is 20.6 Å². The van der Waals surface area contributed by atoms with Crippen LogP contribution in [0.2, 0.25) is 0 Å². The number of benzene rings is 2. The van der Waals surface area contributed by atoms with Crippen molar-refractivity contribution in [2.45, 2.75) is 12.8 Å². The number of hydrogen-bond donors (Lipinski definition) is 0. The number of carbonyl (C=O) groups is 2. The Balaban J connectivity index is 1.59. The Morgan fingerprint density at radius 2 is 1.54 bits per heavy atom. The Hall–Kier alpha value is -3.02. The Morgan fingerprint density at radius 3 is 2.25 bits per heavy atom. The van der Waals surface area contributed by atoms with Gasteiger partial charge in [0.15, 0.2) is 0 Å². The number of carbonyl (C=O) groups excluding carboxylic acids is 2. The molecule has 3 rings (SSSR count). The maximum absolute atomic E-state index is 12.8. The Kier molecular flexibility index (Phi) is 6.53. The van der Waals surface area contributed by atoms with E-state index in [0.29, 0.717) is 43.9 Å². The van der Waals surface area contributed by atoms with Crippen molar-refractivity contribution in [3.63, 3.8) is 0 Å². The van der Waals surface area contributed by atoms with Crippen molar-refractivity contribution in [2.24, 2.45) is 0 Å². The van der Waals surface area contributed by atoms with Crippen molar-refractivity contribution in [3.05, 3.63) is 59.7 Å². The molecular weight excluding hydrogens is 356 g/mol. The van der Waals surface area contributed by atoms with Gasteiger partial charge in [-0.25, -0.2) is 0 Å². The van der Waals surface area contributed by atoms with Crippen LogP contribution in [0.5, 0.6) is 11.5 Å². The molecule has 0 radical (unpaired) electrons. The summed E-state index contributed by atoms with van der Waals surface area (Å²) in [7, 11) is 3.21. The molecule has 6 nitrogen and oxygen atoms in total. The summed E-state index contributed by atoms with van der Waals surface area (Å²) in [5.41, 5.74) is 1.57. The lowest BCUT2D eigenvalue weighted by Gasteiger charge is -2.22. The summed E-state index contributed by atoms with van der Waals surface area (Å²) in [6, 6.07) is 14.7. The Labute approximate surface area is 165 Å². The van der Waals surface area contributed by atoms with Gasteiger partial charge in [-0.2, -0.15) is 0 Å². The molecule has 28 heavy (non-hydrogen) atoms. The number of nitrogens with zero attached hydrogens (tertiary/aromatic N) is 2. The number of amides is 2. The molecule has 1 saturated heterocycles. The molecule has 1 fully saturated rings. The molecule has 1 aliphatic rings. The molecule has 1 heterocycles. The van der Waals surface area contributed by atoms with Crippen LogP contribution >= 0.6 is 0 Å². The largest absolute Gasteiger partial charge is 0.497 e. The van der Waals surface area contributed by atoms with Crippen LogP contribution in [0.15, 0.2) is 48.5 Å². The first-order valence-electron chi connectivity index (χ1n) is 9.44. The first-order chi connectivity index (χ1) is 13.6. The second-order valence-corrected chi connectivity index (χ2v) is 6.78. The minimum absolute atomic E-state index is 0.0247. The van der Waals surface area contributed by atoms with Crippen LogP contribution in [-0.4, -0.2) is 62.0 Å². The first kappa shape index (κ1) is 19.7. The van der Waals surface area contributed by atoms with Crippen LogP contribution in [0.4, 0.5) is 0 Å². The quantitative estimate of drug-likeness (QED) is 0.798.